The number of hydrogen-bond acceptors (Lipinski definition) is 5. The minimum atomic E-state index is -1.09. The van der Waals surface area contributed by atoms with E-state index in [1.54, 1.807) is 24.5 Å². The van der Waals surface area contributed by atoms with E-state index in [0.717, 1.165) is 16.7 Å². The fourth-order valence-electron chi connectivity index (χ4n) is 3.16. The smallest absolute Gasteiger partial charge is 0.404 e. The summed E-state index contributed by atoms with van der Waals surface area (Å²) < 4.78 is 11.6. The van der Waals surface area contributed by atoms with Crippen LogP contribution in [0.3, 0.4) is 0 Å². The topological polar surface area (TPSA) is 104 Å². The summed E-state index contributed by atoms with van der Waals surface area (Å²) in [5.74, 6) is 1.32. The second-order valence-corrected chi connectivity index (χ2v) is 6.86. The number of carboxylic acid groups (broad SMARTS) is 1. The van der Waals surface area contributed by atoms with Crippen molar-refractivity contribution in [3.8, 4) is 28.7 Å². The lowest BCUT2D eigenvalue weighted by Crippen LogP contribution is -2.39. The van der Waals surface area contributed by atoms with E-state index in [1.165, 1.54) is 0 Å². The van der Waals surface area contributed by atoms with Gasteiger partial charge in [-0.25, -0.2) is 4.79 Å². The molecule has 7 heteroatoms. The van der Waals surface area contributed by atoms with Crippen LogP contribution in [0.15, 0.2) is 30.6 Å². The van der Waals surface area contributed by atoms with Gasteiger partial charge in [-0.05, 0) is 30.0 Å². The molecule has 0 radical (unpaired) electrons. The summed E-state index contributed by atoms with van der Waals surface area (Å²) in [5, 5.41) is 21.0. The van der Waals surface area contributed by atoms with Crippen LogP contribution in [0.4, 0.5) is 4.79 Å². The first-order valence-corrected chi connectivity index (χ1v) is 8.74. The fourth-order valence-corrected chi connectivity index (χ4v) is 3.16. The number of benzene rings is 1. The van der Waals surface area contributed by atoms with E-state index >= 15 is 0 Å². The monoisotopic (exact) mass is 367 g/mol. The average Bonchev–Trinajstić information content (AvgIpc) is 2.64. The molecule has 0 spiro atoms. The molecule has 1 aromatic heterocycles. The number of aromatic nitrogens is 1. The molecule has 2 N–H and O–H groups in total. The highest BCUT2D eigenvalue weighted by Crippen LogP contribution is 2.41. The second-order valence-electron chi connectivity index (χ2n) is 6.86. The van der Waals surface area contributed by atoms with Gasteiger partial charge >= 0.3 is 6.09 Å². The molecule has 0 aliphatic carbocycles. The van der Waals surface area contributed by atoms with Crippen molar-refractivity contribution >= 4 is 6.09 Å². The Morgan fingerprint density at radius 1 is 1.44 bits per heavy atom. The molecule has 0 saturated carbocycles. The summed E-state index contributed by atoms with van der Waals surface area (Å²) >= 11 is 0. The number of nitrogens with zero attached hydrogens (tertiary/aromatic N) is 2. The van der Waals surface area contributed by atoms with Crippen LogP contribution in [0, 0.1) is 17.2 Å². The van der Waals surface area contributed by atoms with Crippen molar-refractivity contribution in [2.75, 3.05) is 6.61 Å². The molecule has 2 heterocycles. The lowest BCUT2D eigenvalue weighted by atomic mass is 9.97. The first kappa shape index (κ1) is 18.5. The lowest BCUT2D eigenvalue weighted by Gasteiger charge is -2.23. The van der Waals surface area contributed by atoms with E-state index < -0.39 is 6.09 Å². The van der Waals surface area contributed by atoms with Crippen LogP contribution in [-0.4, -0.2) is 28.8 Å². The zero-order valence-electron chi connectivity index (χ0n) is 15.2. The van der Waals surface area contributed by atoms with E-state index in [2.05, 4.69) is 16.4 Å². The molecule has 1 unspecified atom stereocenters. The highest BCUT2D eigenvalue weighted by molar-refractivity contribution is 5.77. The first-order valence-electron chi connectivity index (χ1n) is 8.74. The van der Waals surface area contributed by atoms with E-state index in [-0.39, 0.29) is 12.6 Å². The van der Waals surface area contributed by atoms with Crippen LogP contribution in [0.5, 0.6) is 11.5 Å². The van der Waals surface area contributed by atoms with Crippen LogP contribution < -0.4 is 14.8 Å². The Morgan fingerprint density at radius 3 is 2.96 bits per heavy atom. The molecule has 27 heavy (non-hydrogen) atoms. The maximum absolute atomic E-state index is 11.0. The minimum Gasteiger partial charge on any atom is -0.490 e. The second kappa shape index (κ2) is 7.96. The number of fused-ring (bicyclic) bond motifs is 3. The molecule has 7 nitrogen and oxygen atoms in total. The van der Waals surface area contributed by atoms with E-state index in [1.807, 2.05) is 19.9 Å². The maximum atomic E-state index is 11.0. The molecule has 1 aliphatic heterocycles. The van der Waals surface area contributed by atoms with Crippen molar-refractivity contribution in [3.05, 3.63) is 41.7 Å². The van der Waals surface area contributed by atoms with E-state index in [0.29, 0.717) is 36.0 Å². The van der Waals surface area contributed by atoms with E-state index in [4.69, 9.17) is 14.6 Å². The Morgan fingerprint density at radius 2 is 2.26 bits per heavy atom. The predicted molar refractivity (Wildman–Crippen MR) is 98.6 cm³/mol. The first-order chi connectivity index (χ1) is 13.0. The lowest BCUT2D eigenvalue weighted by molar-refractivity contribution is 0.176. The molecule has 0 fully saturated rings. The van der Waals surface area contributed by atoms with Crippen molar-refractivity contribution in [2.24, 2.45) is 5.92 Å². The van der Waals surface area contributed by atoms with E-state index in [9.17, 15) is 10.1 Å². The molecule has 1 aromatic carbocycles. The number of nitriles is 1. The SMILES string of the molecule is CC(C)CC(COc1cc2c(cc1C#N)-c1ccncc1CO2)NC(=O)O. The van der Waals surface area contributed by atoms with Crippen molar-refractivity contribution < 1.29 is 19.4 Å². The molecular weight excluding hydrogens is 346 g/mol. The molecule has 140 valence electrons. The third-order valence-electron chi connectivity index (χ3n) is 4.30. The van der Waals surface area contributed by atoms with Crippen LogP contribution in [0.2, 0.25) is 0 Å². The van der Waals surface area contributed by atoms with Gasteiger partial charge in [0, 0.05) is 29.6 Å². The standard InChI is InChI=1S/C20H21N3O4/c1-12(2)5-15(23-20(24)25)11-27-18-7-19-17(6-13(18)8-21)16-3-4-22-9-14(16)10-26-19/h3-4,6-7,9,12,15,23H,5,10-11H2,1-2H3,(H,24,25). The summed E-state index contributed by atoms with van der Waals surface area (Å²) in [5.41, 5.74) is 3.15. The number of nitrogens with one attached hydrogen (secondary N) is 1. The molecule has 0 bridgehead atoms. The molecule has 1 atom stereocenters. The van der Waals surface area contributed by atoms with Crippen LogP contribution in [0.25, 0.3) is 11.1 Å². The van der Waals surface area contributed by atoms with Gasteiger partial charge in [0.15, 0.2) is 0 Å². The Labute approximate surface area is 157 Å². The summed E-state index contributed by atoms with van der Waals surface area (Å²) in [7, 11) is 0. The number of hydrogen-bond donors (Lipinski definition) is 2. The van der Waals surface area contributed by atoms with Crippen LogP contribution in [0.1, 0.15) is 31.4 Å². The fraction of sp³-hybridized carbons (Fsp3) is 0.350. The van der Waals surface area contributed by atoms with Crippen molar-refractivity contribution in [1.29, 1.82) is 5.26 Å². The van der Waals surface area contributed by atoms with Gasteiger partial charge in [0.05, 0.1) is 11.6 Å². The number of rotatable bonds is 6. The summed E-state index contributed by atoms with van der Waals surface area (Å²) in [6.07, 6.45) is 3.00. The largest absolute Gasteiger partial charge is 0.490 e. The quantitative estimate of drug-likeness (QED) is 0.809. The molecular formula is C20H21N3O4. The van der Waals surface area contributed by atoms with Crippen LogP contribution >= 0.6 is 0 Å². The predicted octanol–water partition coefficient (Wildman–Crippen LogP) is 3.57. The highest BCUT2D eigenvalue weighted by atomic mass is 16.5. The summed E-state index contributed by atoms with van der Waals surface area (Å²) in [6, 6.07) is 7.12. The van der Waals surface area contributed by atoms with Gasteiger partial charge in [-0.2, -0.15) is 5.26 Å². The van der Waals surface area contributed by atoms with Gasteiger partial charge in [-0.1, -0.05) is 13.8 Å². The third-order valence-corrected chi connectivity index (χ3v) is 4.30. The minimum absolute atomic E-state index is 0.137. The van der Waals surface area contributed by atoms with Crippen LogP contribution in [-0.2, 0) is 6.61 Å². The zero-order valence-corrected chi connectivity index (χ0v) is 15.2. The van der Waals surface area contributed by atoms with Gasteiger partial charge in [0.1, 0.15) is 30.8 Å². The number of pyridine rings is 1. The summed E-state index contributed by atoms with van der Waals surface area (Å²) in [4.78, 5) is 15.1. The van der Waals surface area contributed by atoms with Gasteiger partial charge < -0.3 is 19.9 Å². The molecule has 1 amide bonds. The van der Waals surface area contributed by atoms with Gasteiger partial charge in [-0.3, -0.25) is 4.98 Å². The maximum Gasteiger partial charge on any atom is 0.404 e. The van der Waals surface area contributed by atoms with Crippen molar-refractivity contribution in [2.45, 2.75) is 32.9 Å². The van der Waals surface area contributed by atoms with Crippen molar-refractivity contribution in [3.63, 3.8) is 0 Å². The Balaban J connectivity index is 1.85. The van der Waals surface area contributed by atoms with Gasteiger partial charge in [0.2, 0.25) is 0 Å². The average molecular weight is 367 g/mol. The number of amides is 1. The molecule has 1 aliphatic rings. The molecule has 3 rings (SSSR count). The Hall–Kier alpha value is -3.27. The zero-order chi connectivity index (χ0) is 19.4. The number of carbonyl (C=O) groups is 1. The van der Waals surface area contributed by atoms with Gasteiger partial charge in [-0.15, -0.1) is 0 Å². The normalized spacial score (nSPS) is 13.0. The Bertz CT molecular complexity index is 889. The molecule has 0 saturated heterocycles. The highest BCUT2D eigenvalue weighted by Gasteiger charge is 2.21. The number of ether oxygens (including phenoxy) is 2. The van der Waals surface area contributed by atoms with Gasteiger partial charge in [0.25, 0.3) is 0 Å². The van der Waals surface area contributed by atoms with Crippen molar-refractivity contribution in [1.82, 2.24) is 10.3 Å². The molecule has 2 aromatic rings. The summed E-state index contributed by atoms with van der Waals surface area (Å²) in [6.45, 7) is 4.56. The Kier molecular flexibility index (Phi) is 5.46. The third kappa shape index (κ3) is 4.29.